The lowest BCUT2D eigenvalue weighted by atomic mass is 10.1. The Bertz CT molecular complexity index is 1350. The highest BCUT2D eigenvalue weighted by Gasteiger charge is 2.11. The van der Waals surface area contributed by atoms with Gasteiger partial charge in [-0.05, 0) is 79.9 Å². The van der Waals surface area contributed by atoms with E-state index in [9.17, 15) is 5.26 Å². The summed E-state index contributed by atoms with van der Waals surface area (Å²) >= 11 is 19.3. The van der Waals surface area contributed by atoms with E-state index in [1.54, 1.807) is 18.5 Å². The molecule has 0 aliphatic rings. The minimum Gasteiger partial charge on any atom is -0.486 e. The number of rotatable bonds is 6. The molecule has 0 N–H and O–H groups in total. The van der Waals surface area contributed by atoms with Gasteiger partial charge >= 0.3 is 0 Å². The van der Waals surface area contributed by atoms with Crippen LogP contribution in [0.2, 0.25) is 10.0 Å². The lowest BCUT2D eigenvalue weighted by Gasteiger charge is -2.13. The van der Waals surface area contributed by atoms with Gasteiger partial charge in [0.1, 0.15) is 12.4 Å². The maximum Gasteiger partial charge on any atom is 0.148 e. The van der Waals surface area contributed by atoms with Crippen LogP contribution in [0.4, 0.5) is 0 Å². The number of benzene rings is 3. The number of halogens is 4. The summed E-state index contributed by atoms with van der Waals surface area (Å²) in [6.45, 7) is 0.721. The van der Waals surface area contributed by atoms with Gasteiger partial charge in [-0.3, -0.25) is 0 Å². The molecule has 1 heterocycles. The van der Waals surface area contributed by atoms with Gasteiger partial charge in [-0.2, -0.15) is 5.26 Å². The molecule has 0 aliphatic carbocycles. The van der Waals surface area contributed by atoms with Gasteiger partial charge in [-0.1, -0.05) is 41.4 Å². The van der Waals surface area contributed by atoms with Crippen LogP contribution in [0.15, 0.2) is 75.4 Å². The van der Waals surface area contributed by atoms with Crippen LogP contribution < -0.4 is 4.74 Å². The molecule has 0 atom stereocenters. The Morgan fingerprint density at radius 1 is 1.09 bits per heavy atom. The Hall–Kier alpha value is -2.30. The summed E-state index contributed by atoms with van der Waals surface area (Å²) in [5, 5.41) is 10.8. The predicted molar refractivity (Wildman–Crippen MR) is 136 cm³/mol. The van der Waals surface area contributed by atoms with Crippen molar-refractivity contribution >= 4 is 72.2 Å². The zero-order valence-electron chi connectivity index (χ0n) is 16.5. The third kappa shape index (κ3) is 5.19. The molecule has 4 aromatic rings. The lowest BCUT2D eigenvalue weighted by Crippen LogP contribution is -1.99. The Balaban J connectivity index is 1.54. The quantitative estimate of drug-likeness (QED) is 0.213. The fraction of sp³-hybridized carbons (Fsp3) is 0.0833. The molecule has 0 fully saturated rings. The molecule has 0 spiro atoms. The Labute approximate surface area is 212 Å². The van der Waals surface area contributed by atoms with E-state index in [1.807, 2.05) is 53.1 Å². The van der Waals surface area contributed by atoms with Crippen molar-refractivity contribution in [3.05, 3.63) is 96.6 Å². The third-order valence-electron chi connectivity index (χ3n) is 4.76. The maximum absolute atomic E-state index is 9.69. The first-order valence-electron chi connectivity index (χ1n) is 9.51. The molecule has 0 aliphatic heterocycles. The van der Waals surface area contributed by atoms with Crippen LogP contribution in [0.5, 0.6) is 5.75 Å². The molecule has 8 heteroatoms. The van der Waals surface area contributed by atoms with E-state index in [2.05, 4.69) is 42.9 Å². The number of aromatic nitrogens is 2. The van der Waals surface area contributed by atoms with Crippen LogP contribution in [0.25, 0.3) is 17.1 Å². The normalized spacial score (nSPS) is 11.5. The summed E-state index contributed by atoms with van der Waals surface area (Å²) in [7, 11) is 0. The van der Waals surface area contributed by atoms with Crippen molar-refractivity contribution in [2.24, 2.45) is 0 Å². The number of nitriles is 1. The summed E-state index contributed by atoms with van der Waals surface area (Å²) in [6.07, 6.45) is 3.60. The van der Waals surface area contributed by atoms with Crippen LogP contribution >= 0.6 is 55.1 Å². The van der Waals surface area contributed by atoms with E-state index >= 15 is 0 Å². The molecule has 160 valence electrons. The van der Waals surface area contributed by atoms with Gasteiger partial charge in [-0.25, -0.2) is 4.98 Å². The van der Waals surface area contributed by atoms with Crippen LogP contribution in [0.1, 0.15) is 11.1 Å². The highest BCUT2D eigenvalue weighted by molar-refractivity contribution is 9.11. The number of imidazole rings is 1. The number of nitrogens with zero attached hydrogens (tertiary/aromatic N) is 3. The predicted octanol–water partition coefficient (Wildman–Crippen LogP) is 8.05. The van der Waals surface area contributed by atoms with E-state index < -0.39 is 0 Å². The average molecular weight is 592 g/mol. The number of para-hydroxylation sites is 2. The Morgan fingerprint density at radius 3 is 2.56 bits per heavy atom. The standard InChI is InChI=1S/C24H15Br2Cl2N3O/c25-19-8-15(7-16(11-29)12-31-14-30-22-3-1-2-4-23(22)31)9-20(26)24(19)32-13-17-5-6-18(27)10-21(17)28/h1-10,14H,12-13H2/b16-7-. The molecule has 0 amide bonds. The van der Waals surface area contributed by atoms with Gasteiger partial charge in [0.2, 0.25) is 0 Å². The minimum absolute atomic E-state index is 0.291. The molecule has 1 aromatic heterocycles. The third-order valence-corrected chi connectivity index (χ3v) is 6.53. The smallest absolute Gasteiger partial charge is 0.148 e. The zero-order chi connectivity index (χ0) is 22.7. The van der Waals surface area contributed by atoms with Crippen molar-refractivity contribution in [3.8, 4) is 11.8 Å². The molecule has 4 nitrogen and oxygen atoms in total. The molecule has 32 heavy (non-hydrogen) atoms. The van der Waals surface area contributed by atoms with Crippen LogP contribution in [0, 0.1) is 11.3 Å². The van der Waals surface area contributed by atoms with Crippen molar-refractivity contribution in [3.63, 3.8) is 0 Å². The van der Waals surface area contributed by atoms with Crippen LogP contribution in [-0.2, 0) is 13.2 Å². The largest absolute Gasteiger partial charge is 0.486 e. The summed E-state index contributed by atoms with van der Waals surface area (Å²) in [4.78, 5) is 4.39. The van der Waals surface area contributed by atoms with E-state index in [-0.39, 0.29) is 0 Å². The number of allylic oxidation sites excluding steroid dienone is 1. The van der Waals surface area contributed by atoms with Crippen molar-refractivity contribution in [1.82, 2.24) is 9.55 Å². The van der Waals surface area contributed by atoms with Gasteiger partial charge < -0.3 is 9.30 Å². The molecule has 0 saturated heterocycles. The molecular formula is C24H15Br2Cl2N3O. The first kappa shape index (κ1) is 22.9. The van der Waals surface area contributed by atoms with Crippen molar-refractivity contribution in [2.45, 2.75) is 13.2 Å². The summed E-state index contributed by atoms with van der Waals surface area (Å²) in [5.74, 6) is 0.646. The minimum atomic E-state index is 0.291. The number of hydrogen-bond donors (Lipinski definition) is 0. The molecule has 0 unspecified atom stereocenters. The average Bonchev–Trinajstić information content (AvgIpc) is 3.17. The molecular weight excluding hydrogens is 577 g/mol. The molecule has 3 aromatic carbocycles. The lowest BCUT2D eigenvalue weighted by molar-refractivity contribution is 0.302. The second-order valence-corrected chi connectivity index (χ2v) is 9.53. The SMILES string of the molecule is N#C/C(=C/c1cc(Br)c(OCc2ccc(Cl)cc2Cl)c(Br)c1)Cn1cnc2ccccc21. The summed E-state index contributed by atoms with van der Waals surface area (Å²) in [5.41, 5.74) is 4.19. The highest BCUT2D eigenvalue weighted by atomic mass is 79.9. The first-order chi connectivity index (χ1) is 15.4. The van der Waals surface area contributed by atoms with Crippen molar-refractivity contribution < 1.29 is 4.74 Å². The van der Waals surface area contributed by atoms with Crippen LogP contribution in [0.3, 0.4) is 0 Å². The topological polar surface area (TPSA) is 50.8 Å². The monoisotopic (exact) mass is 589 g/mol. The van der Waals surface area contributed by atoms with E-state index in [0.29, 0.717) is 34.5 Å². The maximum atomic E-state index is 9.69. The van der Waals surface area contributed by atoms with Gasteiger partial charge in [-0.15, -0.1) is 0 Å². The van der Waals surface area contributed by atoms with Crippen LogP contribution in [-0.4, -0.2) is 9.55 Å². The summed E-state index contributed by atoms with van der Waals surface area (Å²) < 4.78 is 9.45. The van der Waals surface area contributed by atoms with Gasteiger partial charge in [0, 0.05) is 21.2 Å². The zero-order valence-corrected chi connectivity index (χ0v) is 21.2. The number of ether oxygens (including phenoxy) is 1. The fourth-order valence-electron chi connectivity index (χ4n) is 3.22. The molecule has 4 rings (SSSR count). The summed E-state index contributed by atoms with van der Waals surface area (Å²) in [6, 6.07) is 19.3. The number of fused-ring (bicyclic) bond motifs is 1. The highest BCUT2D eigenvalue weighted by Crippen LogP contribution is 2.36. The number of hydrogen-bond acceptors (Lipinski definition) is 3. The second kappa shape index (κ2) is 10.1. The molecule has 0 radical (unpaired) electrons. The molecule has 0 saturated carbocycles. The van der Waals surface area contributed by atoms with Gasteiger partial charge in [0.05, 0.1) is 38.9 Å². The van der Waals surface area contributed by atoms with E-state index in [1.165, 1.54) is 0 Å². The van der Waals surface area contributed by atoms with Crippen molar-refractivity contribution in [2.75, 3.05) is 0 Å². The van der Waals surface area contributed by atoms with E-state index in [0.717, 1.165) is 31.1 Å². The first-order valence-corrected chi connectivity index (χ1v) is 11.8. The van der Waals surface area contributed by atoms with Crippen molar-refractivity contribution in [1.29, 1.82) is 5.26 Å². The fourth-order valence-corrected chi connectivity index (χ4v) is 5.14. The van der Waals surface area contributed by atoms with Gasteiger partial charge in [0.25, 0.3) is 0 Å². The Morgan fingerprint density at radius 2 is 1.84 bits per heavy atom. The Kier molecular flexibility index (Phi) is 7.22. The second-order valence-electron chi connectivity index (χ2n) is 6.98. The van der Waals surface area contributed by atoms with Gasteiger partial charge in [0.15, 0.2) is 0 Å². The molecule has 0 bridgehead atoms. The van der Waals surface area contributed by atoms with E-state index in [4.69, 9.17) is 27.9 Å².